The molecule has 3 aromatic heterocycles. The molecule has 0 radical (unpaired) electrons. The molecule has 32 heavy (non-hydrogen) atoms. The molecule has 170 valence electrons. The van der Waals surface area contributed by atoms with Crippen molar-refractivity contribution >= 4 is 67.1 Å². The molecule has 11 heteroatoms. The lowest BCUT2D eigenvalue weighted by molar-refractivity contribution is -0.132. The first-order valence-electron chi connectivity index (χ1n) is 9.24. The van der Waals surface area contributed by atoms with Crippen LogP contribution in [0, 0.1) is 0 Å². The highest BCUT2D eigenvalue weighted by molar-refractivity contribution is 9.10. The summed E-state index contributed by atoms with van der Waals surface area (Å²) in [6, 6.07) is 4.82. The van der Waals surface area contributed by atoms with Gasteiger partial charge in [0, 0.05) is 29.7 Å². The van der Waals surface area contributed by atoms with Gasteiger partial charge in [0.1, 0.15) is 17.1 Å². The number of aromatic nitrogens is 1. The molecule has 1 aliphatic carbocycles. The number of halogens is 2. The Bertz CT molecular complexity index is 1240. The van der Waals surface area contributed by atoms with Gasteiger partial charge in [-0.15, -0.1) is 0 Å². The van der Waals surface area contributed by atoms with Gasteiger partial charge in [0.2, 0.25) is 0 Å². The van der Waals surface area contributed by atoms with Gasteiger partial charge < -0.3 is 23.4 Å². The molecule has 0 saturated carbocycles. The fourth-order valence-corrected chi connectivity index (χ4v) is 3.78. The van der Waals surface area contributed by atoms with E-state index in [0.717, 1.165) is 10.1 Å². The van der Waals surface area contributed by atoms with E-state index in [2.05, 4.69) is 36.6 Å². The van der Waals surface area contributed by atoms with Gasteiger partial charge in [-0.1, -0.05) is 0 Å². The Morgan fingerprint density at radius 3 is 2.31 bits per heavy atom. The minimum absolute atomic E-state index is 0.0583. The minimum Gasteiger partial charge on any atom is -0.478 e. The highest BCUT2D eigenvalue weighted by atomic mass is 79.9. The van der Waals surface area contributed by atoms with Crippen LogP contribution in [0.4, 0.5) is 4.79 Å². The molecule has 0 aromatic carbocycles. The average Bonchev–Trinajstić information content (AvgIpc) is 3.38. The number of carbonyl (C=O) groups excluding carboxylic acids is 2. The second-order valence-corrected chi connectivity index (χ2v) is 9.29. The lowest BCUT2D eigenvalue weighted by Crippen LogP contribution is -2.28. The van der Waals surface area contributed by atoms with Crippen molar-refractivity contribution in [2.24, 2.45) is 0 Å². The van der Waals surface area contributed by atoms with Gasteiger partial charge in [-0.25, -0.2) is 19.0 Å². The SMILES string of the molecule is COC(=O)c1cc2oc(Br)cc2n1C(=O)OC(C)(C)C.O=C(O)C1=Cc2oc(Br)cc2C1. The predicted molar refractivity (Wildman–Crippen MR) is 121 cm³/mol. The summed E-state index contributed by atoms with van der Waals surface area (Å²) >= 11 is 6.35. The maximum absolute atomic E-state index is 12.3. The summed E-state index contributed by atoms with van der Waals surface area (Å²) in [6.07, 6.45) is 1.35. The van der Waals surface area contributed by atoms with E-state index >= 15 is 0 Å². The standard InChI is InChI=1S/C13H14BrNO5.C8H5BrO3/c1-13(2,3)20-12(17)15-7-6-10(14)19-9(7)5-8(15)11(16)18-4;9-7-3-4-1-5(8(10)11)2-6(4)12-7/h5-6H,1-4H3;2-3H,1H2,(H,10,11). The Morgan fingerprint density at radius 2 is 1.75 bits per heavy atom. The molecule has 1 N–H and O–H groups in total. The monoisotopic (exact) mass is 571 g/mol. The molecule has 1 aliphatic rings. The second-order valence-electron chi connectivity index (χ2n) is 7.73. The summed E-state index contributed by atoms with van der Waals surface area (Å²) in [7, 11) is 1.24. The van der Waals surface area contributed by atoms with E-state index in [0.29, 0.717) is 38.2 Å². The van der Waals surface area contributed by atoms with Gasteiger partial charge in [-0.3, -0.25) is 0 Å². The second kappa shape index (κ2) is 8.99. The van der Waals surface area contributed by atoms with Crippen molar-refractivity contribution < 1.29 is 37.8 Å². The maximum Gasteiger partial charge on any atom is 0.419 e. The Kier molecular flexibility index (Phi) is 6.70. The third-order valence-corrected chi connectivity index (χ3v) is 4.98. The number of hydrogen-bond acceptors (Lipinski definition) is 7. The average molecular weight is 573 g/mol. The summed E-state index contributed by atoms with van der Waals surface area (Å²) in [5.74, 6) is -0.866. The Labute approximate surface area is 199 Å². The van der Waals surface area contributed by atoms with Crippen LogP contribution in [0.5, 0.6) is 0 Å². The number of nitrogens with zero attached hydrogens (tertiary/aromatic N) is 1. The number of fused-ring (bicyclic) bond motifs is 2. The van der Waals surface area contributed by atoms with Gasteiger partial charge >= 0.3 is 18.0 Å². The van der Waals surface area contributed by atoms with E-state index in [4.69, 9.17) is 18.7 Å². The van der Waals surface area contributed by atoms with Gasteiger partial charge in [0.15, 0.2) is 14.9 Å². The first-order chi connectivity index (χ1) is 14.9. The fourth-order valence-electron chi connectivity index (χ4n) is 2.94. The van der Waals surface area contributed by atoms with Gasteiger partial charge in [-0.05, 0) is 64.8 Å². The maximum atomic E-state index is 12.3. The fraction of sp³-hybridized carbons (Fsp3) is 0.286. The van der Waals surface area contributed by atoms with Crippen LogP contribution in [0.15, 0.2) is 41.9 Å². The third kappa shape index (κ3) is 5.16. The predicted octanol–water partition coefficient (Wildman–Crippen LogP) is 5.63. The molecule has 0 spiro atoms. The number of carboxylic acids is 1. The van der Waals surface area contributed by atoms with Crippen LogP contribution in [0.25, 0.3) is 17.2 Å². The molecule has 0 atom stereocenters. The molecule has 0 amide bonds. The molecule has 3 heterocycles. The van der Waals surface area contributed by atoms with Crippen molar-refractivity contribution in [2.45, 2.75) is 32.8 Å². The normalized spacial score (nSPS) is 12.6. The van der Waals surface area contributed by atoms with E-state index < -0.39 is 23.6 Å². The van der Waals surface area contributed by atoms with E-state index in [1.807, 2.05) is 0 Å². The highest BCUT2D eigenvalue weighted by Gasteiger charge is 2.27. The first-order valence-corrected chi connectivity index (χ1v) is 10.8. The molecule has 0 aliphatic heterocycles. The molecule has 0 fully saturated rings. The van der Waals surface area contributed by atoms with Gasteiger partial charge in [0.05, 0.1) is 12.6 Å². The number of methoxy groups -OCH3 is 1. The Morgan fingerprint density at radius 1 is 1.09 bits per heavy atom. The first kappa shape index (κ1) is 23.9. The zero-order valence-corrected chi connectivity index (χ0v) is 20.7. The summed E-state index contributed by atoms with van der Waals surface area (Å²) in [4.78, 5) is 34.5. The molecule has 9 nitrogen and oxygen atoms in total. The zero-order chi connectivity index (χ0) is 23.8. The summed E-state index contributed by atoms with van der Waals surface area (Å²) in [5, 5.41) is 8.65. The lowest BCUT2D eigenvalue weighted by atomic mass is 10.2. The number of carboxylic acid groups (broad SMARTS) is 1. The van der Waals surface area contributed by atoms with E-state index in [1.54, 1.807) is 39.0 Å². The molecular weight excluding hydrogens is 554 g/mol. The van der Waals surface area contributed by atoms with Crippen molar-refractivity contribution in [3.8, 4) is 0 Å². The molecule has 0 unspecified atom stereocenters. The quantitative estimate of drug-likeness (QED) is 0.392. The van der Waals surface area contributed by atoms with Crippen LogP contribution >= 0.6 is 31.9 Å². The van der Waals surface area contributed by atoms with Crippen LogP contribution in [0.1, 0.15) is 42.6 Å². The molecule has 4 rings (SSSR count). The number of carbonyl (C=O) groups is 3. The van der Waals surface area contributed by atoms with Gasteiger partial charge in [-0.2, -0.15) is 0 Å². The summed E-state index contributed by atoms with van der Waals surface area (Å²) in [6.45, 7) is 5.23. The van der Waals surface area contributed by atoms with Crippen molar-refractivity contribution in [1.29, 1.82) is 0 Å². The number of ether oxygens (including phenoxy) is 2. The van der Waals surface area contributed by atoms with E-state index in [1.165, 1.54) is 13.2 Å². The zero-order valence-electron chi connectivity index (χ0n) is 17.5. The van der Waals surface area contributed by atoms with Crippen molar-refractivity contribution in [3.05, 3.63) is 50.1 Å². The number of rotatable bonds is 2. The molecule has 3 aromatic rings. The van der Waals surface area contributed by atoms with Crippen LogP contribution in [0.2, 0.25) is 0 Å². The molecule has 0 saturated heterocycles. The summed E-state index contributed by atoms with van der Waals surface area (Å²) in [5.41, 5.74) is 1.52. The Balaban J connectivity index is 0.000000204. The van der Waals surface area contributed by atoms with Crippen LogP contribution < -0.4 is 0 Å². The minimum atomic E-state index is -0.877. The van der Waals surface area contributed by atoms with Crippen molar-refractivity contribution in [1.82, 2.24) is 4.57 Å². The van der Waals surface area contributed by atoms with E-state index in [9.17, 15) is 14.4 Å². The van der Waals surface area contributed by atoms with E-state index in [-0.39, 0.29) is 5.69 Å². The third-order valence-electron chi connectivity index (χ3n) is 4.20. The van der Waals surface area contributed by atoms with Crippen molar-refractivity contribution in [3.63, 3.8) is 0 Å². The topological polar surface area (TPSA) is 121 Å². The summed E-state index contributed by atoms with van der Waals surface area (Å²) < 4.78 is 22.7. The number of hydrogen-bond donors (Lipinski definition) is 1. The Hall–Kier alpha value is -2.79. The lowest BCUT2D eigenvalue weighted by Gasteiger charge is -2.20. The number of esters is 1. The largest absolute Gasteiger partial charge is 0.478 e. The highest BCUT2D eigenvalue weighted by Crippen LogP contribution is 2.30. The molecule has 0 bridgehead atoms. The molecular formula is C21H19Br2NO8. The van der Waals surface area contributed by atoms with Crippen LogP contribution in [-0.4, -0.2) is 40.4 Å². The van der Waals surface area contributed by atoms with Crippen LogP contribution in [-0.2, 0) is 20.7 Å². The number of aliphatic carboxylic acids is 1. The number of furan rings is 2. The van der Waals surface area contributed by atoms with Crippen LogP contribution in [0.3, 0.4) is 0 Å². The van der Waals surface area contributed by atoms with Gasteiger partial charge in [0.25, 0.3) is 0 Å². The van der Waals surface area contributed by atoms with Crippen molar-refractivity contribution in [2.75, 3.05) is 7.11 Å². The smallest absolute Gasteiger partial charge is 0.419 e.